The fraction of sp³-hybridized carbons (Fsp3) is 0. The maximum atomic E-state index is 5.40. The first-order chi connectivity index (χ1) is 21.3. The van der Waals surface area contributed by atoms with Crippen molar-refractivity contribution in [3.63, 3.8) is 0 Å². The van der Waals surface area contributed by atoms with Crippen LogP contribution in [0.4, 0.5) is 0 Å². The number of rotatable bonds is 3. The summed E-state index contributed by atoms with van der Waals surface area (Å²) in [7, 11) is 0. The highest BCUT2D eigenvalue weighted by molar-refractivity contribution is 6.21. The average Bonchev–Trinajstić information content (AvgIpc) is 3.42. The first-order valence-electron chi connectivity index (χ1n) is 14.6. The van der Waals surface area contributed by atoms with Crippen LogP contribution in [0.15, 0.2) is 152 Å². The summed E-state index contributed by atoms with van der Waals surface area (Å²) in [5.74, 6) is 0.669. The molecular formula is C40H25N3. The SMILES string of the molecule is c1ccc(-c2ccc3c4c5ccccc5ccc4n(-c4nc(-c5ccccc5)c5c(ccc6ccccc65)n4)c3c2)cc1. The van der Waals surface area contributed by atoms with Crippen molar-refractivity contribution in [3.05, 3.63) is 152 Å². The van der Waals surface area contributed by atoms with E-state index >= 15 is 0 Å². The van der Waals surface area contributed by atoms with Crippen molar-refractivity contribution >= 4 is 54.3 Å². The minimum Gasteiger partial charge on any atom is -0.278 e. The predicted octanol–water partition coefficient (Wildman–Crippen LogP) is 10.4. The fourth-order valence-corrected chi connectivity index (χ4v) is 6.61. The molecule has 0 aliphatic heterocycles. The van der Waals surface area contributed by atoms with Crippen LogP contribution in [-0.2, 0) is 0 Å². The molecule has 3 nitrogen and oxygen atoms in total. The van der Waals surface area contributed by atoms with Crippen LogP contribution in [0.1, 0.15) is 0 Å². The summed E-state index contributed by atoms with van der Waals surface area (Å²) in [6.07, 6.45) is 0. The molecule has 9 rings (SSSR count). The van der Waals surface area contributed by atoms with Gasteiger partial charge in [0.05, 0.1) is 22.2 Å². The average molecular weight is 548 g/mol. The highest BCUT2D eigenvalue weighted by Gasteiger charge is 2.20. The zero-order valence-corrected chi connectivity index (χ0v) is 23.3. The van der Waals surface area contributed by atoms with E-state index in [0.29, 0.717) is 5.95 Å². The van der Waals surface area contributed by atoms with Crippen molar-refractivity contribution in [2.75, 3.05) is 0 Å². The molecule has 2 aromatic heterocycles. The van der Waals surface area contributed by atoms with Crippen LogP contribution in [0.5, 0.6) is 0 Å². The third-order valence-electron chi connectivity index (χ3n) is 8.59. The van der Waals surface area contributed by atoms with Gasteiger partial charge in [-0.25, -0.2) is 9.97 Å². The van der Waals surface area contributed by atoms with E-state index in [9.17, 15) is 0 Å². The Bertz CT molecular complexity index is 2490. The molecule has 7 aromatic carbocycles. The lowest BCUT2D eigenvalue weighted by atomic mass is 10.0. The number of aromatic nitrogens is 3. The number of fused-ring (bicyclic) bond motifs is 8. The van der Waals surface area contributed by atoms with E-state index in [4.69, 9.17) is 9.97 Å². The van der Waals surface area contributed by atoms with Gasteiger partial charge in [-0.15, -0.1) is 0 Å². The maximum Gasteiger partial charge on any atom is 0.235 e. The van der Waals surface area contributed by atoms with Crippen molar-refractivity contribution in [3.8, 4) is 28.3 Å². The van der Waals surface area contributed by atoms with Crippen LogP contribution < -0.4 is 0 Å². The molecule has 0 aliphatic carbocycles. The lowest BCUT2D eigenvalue weighted by Gasteiger charge is -2.14. The molecule has 9 aromatic rings. The zero-order chi connectivity index (χ0) is 28.3. The lowest BCUT2D eigenvalue weighted by molar-refractivity contribution is 1.01. The Hall–Kier alpha value is -5.80. The largest absolute Gasteiger partial charge is 0.278 e. The molecule has 0 amide bonds. The third-order valence-corrected chi connectivity index (χ3v) is 8.59. The van der Waals surface area contributed by atoms with Crippen molar-refractivity contribution in [2.24, 2.45) is 0 Å². The van der Waals surface area contributed by atoms with Crippen molar-refractivity contribution in [2.45, 2.75) is 0 Å². The Balaban J connectivity index is 1.44. The molecule has 0 fully saturated rings. The van der Waals surface area contributed by atoms with E-state index in [1.807, 2.05) is 0 Å². The fourth-order valence-electron chi connectivity index (χ4n) is 6.61. The van der Waals surface area contributed by atoms with Gasteiger partial charge in [-0.05, 0) is 50.9 Å². The van der Waals surface area contributed by atoms with Crippen molar-refractivity contribution < 1.29 is 0 Å². The summed E-state index contributed by atoms with van der Waals surface area (Å²) in [6.45, 7) is 0. The summed E-state index contributed by atoms with van der Waals surface area (Å²) >= 11 is 0. The molecule has 0 spiro atoms. The van der Waals surface area contributed by atoms with Gasteiger partial charge in [0.2, 0.25) is 5.95 Å². The molecular weight excluding hydrogens is 522 g/mol. The summed E-state index contributed by atoms with van der Waals surface area (Å²) in [5, 5.41) is 8.27. The molecule has 200 valence electrons. The first-order valence-corrected chi connectivity index (χ1v) is 14.6. The molecule has 0 atom stereocenters. The van der Waals surface area contributed by atoms with Crippen molar-refractivity contribution in [1.29, 1.82) is 0 Å². The summed E-state index contributed by atoms with van der Waals surface area (Å²) < 4.78 is 2.25. The standard InChI is InChI=1S/C40H25N3/c1-3-11-26(12-4-1)30-19-22-33-36(25-30)43(35-24-21-28-14-7-9-17-31(28)37(33)35)40-41-34-23-20-27-13-8-10-18-32(27)38(34)39(42-40)29-15-5-2-6-16-29/h1-25H. The normalized spacial score (nSPS) is 11.7. The number of benzene rings is 7. The predicted molar refractivity (Wildman–Crippen MR) is 180 cm³/mol. The summed E-state index contributed by atoms with van der Waals surface area (Å²) in [6, 6.07) is 53.7. The first kappa shape index (κ1) is 23.9. The second-order valence-electron chi connectivity index (χ2n) is 11.0. The van der Waals surface area contributed by atoms with Gasteiger partial charge in [0.1, 0.15) is 0 Å². The quantitative estimate of drug-likeness (QED) is 0.206. The van der Waals surface area contributed by atoms with E-state index in [1.165, 1.54) is 32.5 Å². The lowest BCUT2D eigenvalue weighted by Crippen LogP contribution is -2.04. The van der Waals surface area contributed by atoms with Crippen LogP contribution in [0.2, 0.25) is 0 Å². The molecule has 0 saturated heterocycles. The number of nitrogens with zero attached hydrogens (tertiary/aromatic N) is 3. The topological polar surface area (TPSA) is 30.7 Å². The van der Waals surface area contributed by atoms with Gasteiger partial charge in [0.25, 0.3) is 0 Å². The second-order valence-corrected chi connectivity index (χ2v) is 11.0. The maximum absolute atomic E-state index is 5.40. The van der Waals surface area contributed by atoms with Crippen LogP contribution in [-0.4, -0.2) is 14.5 Å². The van der Waals surface area contributed by atoms with Crippen LogP contribution in [0.25, 0.3) is 82.6 Å². The van der Waals surface area contributed by atoms with Crippen molar-refractivity contribution in [1.82, 2.24) is 14.5 Å². The summed E-state index contributed by atoms with van der Waals surface area (Å²) in [4.78, 5) is 10.7. The minimum absolute atomic E-state index is 0.669. The van der Waals surface area contributed by atoms with E-state index < -0.39 is 0 Å². The number of hydrogen-bond donors (Lipinski definition) is 0. The van der Waals surface area contributed by atoms with Crippen LogP contribution in [0.3, 0.4) is 0 Å². The molecule has 43 heavy (non-hydrogen) atoms. The highest BCUT2D eigenvalue weighted by atomic mass is 15.2. The van der Waals surface area contributed by atoms with Gasteiger partial charge in [0, 0.05) is 21.7 Å². The van der Waals surface area contributed by atoms with Gasteiger partial charge in [-0.3, -0.25) is 4.57 Å². The monoisotopic (exact) mass is 547 g/mol. The molecule has 3 heteroatoms. The van der Waals surface area contributed by atoms with Gasteiger partial charge in [-0.1, -0.05) is 133 Å². The Morgan fingerprint density at radius 2 is 1.02 bits per heavy atom. The molecule has 0 aliphatic rings. The van der Waals surface area contributed by atoms with Gasteiger partial charge in [-0.2, -0.15) is 0 Å². The van der Waals surface area contributed by atoms with Crippen LogP contribution >= 0.6 is 0 Å². The third kappa shape index (κ3) is 3.68. The Morgan fingerprint density at radius 3 is 1.77 bits per heavy atom. The van der Waals surface area contributed by atoms with E-state index in [0.717, 1.165) is 44.1 Å². The van der Waals surface area contributed by atoms with Gasteiger partial charge in [0.15, 0.2) is 0 Å². The van der Waals surface area contributed by atoms with Crippen LogP contribution in [0, 0.1) is 0 Å². The summed E-state index contributed by atoms with van der Waals surface area (Å²) in [5.41, 5.74) is 7.47. The molecule has 2 heterocycles. The molecule has 0 N–H and O–H groups in total. The Kier molecular flexibility index (Phi) is 5.20. The smallest absolute Gasteiger partial charge is 0.235 e. The van der Waals surface area contributed by atoms with E-state index in [-0.39, 0.29) is 0 Å². The van der Waals surface area contributed by atoms with Gasteiger partial charge < -0.3 is 0 Å². The molecule has 0 saturated carbocycles. The second kappa shape index (κ2) is 9.37. The van der Waals surface area contributed by atoms with E-state index in [2.05, 4.69) is 156 Å². The van der Waals surface area contributed by atoms with E-state index in [1.54, 1.807) is 0 Å². The zero-order valence-electron chi connectivity index (χ0n) is 23.3. The molecule has 0 unspecified atom stereocenters. The Labute approximate surface area is 248 Å². The molecule has 0 radical (unpaired) electrons. The number of hydrogen-bond acceptors (Lipinski definition) is 2. The Morgan fingerprint density at radius 1 is 0.395 bits per heavy atom. The minimum atomic E-state index is 0.669. The highest BCUT2D eigenvalue weighted by Crippen LogP contribution is 2.39. The molecule has 0 bridgehead atoms. The van der Waals surface area contributed by atoms with Gasteiger partial charge >= 0.3 is 0 Å².